The van der Waals surface area contributed by atoms with E-state index >= 15 is 0 Å². The van der Waals surface area contributed by atoms with Crippen molar-refractivity contribution >= 4 is 30.5 Å². The van der Waals surface area contributed by atoms with Crippen LogP contribution in [-0.2, 0) is 0 Å². The number of nitrogens with one attached hydrogen (secondary N) is 1. The summed E-state index contributed by atoms with van der Waals surface area (Å²) in [5, 5.41) is 3.03. The maximum Gasteiger partial charge on any atom is 0.0527 e. The number of anilines is 1. The maximum absolute atomic E-state index is 4.19. The van der Waals surface area contributed by atoms with Crippen LogP contribution in [0.4, 0.5) is 5.69 Å². The lowest BCUT2D eigenvalue weighted by atomic mass is 10.2. The highest BCUT2D eigenvalue weighted by Gasteiger charge is 1.93. The van der Waals surface area contributed by atoms with Gasteiger partial charge in [0.25, 0.3) is 0 Å². The van der Waals surface area contributed by atoms with Crippen molar-refractivity contribution in [2.75, 3.05) is 12.4 Å². The number of rotatable bonds is 1. The summed E-state index contributed by atoms with van der Waals surface area (Å²) in [7, 11) is 1.89. The van der Waals surface area contributed by atoms with Gasteiger partial charge in [-0.2, -0.15) is 0 Å². The molecule has 1 N–H and O–H groups in total. The molecular formula is C8H14Cl2N2. The average molecular weight is 209 g/mol. The summed E-state index contributed by atoms with van der Waals surface area (Å²) in [5.74, 6) is 0. The van der Waals surface area contributed by atoms with Gasteiger partial charge in [-0.1, -0.05) is 0 Å². The first kappa shape index (κ1) is 14.1. The first-order valence-electron chi connectivity index (χ1n) is 3.35. The van der Waals surface area contributed by atoms with E-state index in [-0.39, 0.29) is 24.8 Å². The normalized spacial score (nSPS) is 7.92. The van der Waals surface area contributed by atoms with Gasteiger partial charge in [0.05, 0.1) is 11.9 Å². The van der Waals surface area contributed by atoms with E-state index < -0.39 is 0 Å². The van der Waals surface area contributed by atoms with Crippen LogP contribution >= 0.6 is 24.8 Å². The lowest BCUT2D eigenvalue weighted by molar-refractivity contribution is 1.15. The third-order valence-corrected chi connectivity index (χ3v) is 1.63. The van der Waals surface area contributed by atoms with Crippen LogP contribution in [0.5, 0.6) is 0 Å². The quantitative estimate of drug-likeness (QED) is 0.768. The summed E-state index contributed by atoms with van der Waals surface area (Å²) in [6.45, 7) is 4.07. The van der Waals surface area contributed by atoms with Crippen molar-refractivity contribution in [1.29, 1.82) is 0 Å². The van der Waals surface area contributed by atoms with Crippen LogP contribution in [0.25, 0.3) is 0 Å². The van der Waals surface area contributed by atoms with Crippen LogP contribution in [0.2, 0.25) is 0 Å². The van der Waals surface area contributed by atoms with Crippen molar-refractivity contribution in [2.45, 2.75) is 13.8 Å². The number of aryl methyl sites for hydroxylation is 2. The molecule has 0 unspecified atom stereocenters. The summed E-state index contributed by atoms with van der Waals surface area (Å²) in [6.07, 6.45) is 1.84. The van der Waals surface area contributed by atoms with Gasteiger partial charge >= 0.3 is 0 Å². The van der Waals surface area contributed by atoms with Crippen molar-refractivity contribution in [2.24, 2.45) is 0 Å². The minimum atomic E-state index is 0. The van der Waals surface area contributed by atoms with Crippen LogP contribution < -0.4 is 5.32 Å². The number of hydrogen-bond acceptors (Lipinski definition) is 2. The third-order valence-electron chi connectivity index (χ3n) is 1.63. The predicted octanol–water partition coefficient (Wildman–Crippen LogP) is 2.58. The molecule has 4 heteroatoms. The molecule has 0 bridgehead atoms. The molecule has 0 aliphatic carbocycles. The van der Waals surface area contributed by atoms with Crippen LogP contribution in [0.15, 0.2) is 12.3 Å². The van der Waals surface area contributed by atoms with Crippen molar-refractivity contribution in [3.05, 3.63) is 23.5 Å². The number of nitrogens with zero attached hydrogens (tertiary/aromatic N) is 1. The average Bonchev–Trinajstić information content (AvgIpc) is 1.95. The number of hydrogen-bond donors (Lipinski definition) is 1. The fourth-order valence-corrected chi connectivity index (χ4v) is 0.780. The topological polar surface area (TPSA) is 24.9 Å². The number of aromatic nitrogens is 1. The van der Waals surface area contributed by atoms with E-state index in [1.54, 1.807) is 0 Å². The van der Waals surface area contributed by atoms with Gasteiger partial charge in [-0.15, -0.1) is 24.8 Å². The Hall–Kier alpha value is -0.470. The van der Waals surface area contributed by atoms with Gasteiger partial charge in [0, 0.05) is 12.7 Å². The number of pyridine rings is 1. The zero-order valence-corrected chi connectivity index (χ0v) is 9.05. The Morgan fingerprint density at radius 1 is 1.25 bits per heavy atom. The van der Waals surface area contributed by atoms with Gasteiger partial charge in [-0.05, 0) is 25.5 Å². The highest BCUT2D eigenvalue weighted by atomic mass is 35.5. The minimum absolute atomic E-state index is 0. The van der Waals surface area contributed by atoms with E-state index in [1.165, 1.54) is 5.56 Å². The summed E-state index contributed by atoms with van der Waals surface area (Å²) in [5.41, 5.74) is 3.40. The molecule has 0 saturated heterocycles. The van der Waals surface area contributed by atoms with E-state index in [9.17, 15) is 0 Å². The highest BCUT2D eigenvalue weighted by molar-refractivity contribution is 5.85. The third kappa shape index (κ3) is 3.28. The summed E-state index contributed by atoms with van der Waals surface area (Å²) in [4.78, 5) is 4.19. The molecule has 0 spiro atoms. The van der Waals surface area contributed by atoms with Gasteiger partial charge < -0.3 is 5.32 Å². The molecule has 0 atom stereocenters. The Morgan fingerprint density at radius 3 is 2.25 bits per heavy atom. The first-order valence-corrected chi connectivity index (χ1v) is 3.35. The molecule has 0 radical (unpaired) electrons. The van der Waals surface area contributed by atoms with E-state index in [0.29, 0.717) is 0 Å². The van der Waals surface area contributed by atoms with Gasteiger partial charge in [0.1, 0.15) is 0 Å². The Kier molecular flexibility index (Phi) is 7.15. The van der Waals surface area contributed by atoms with Crippen molar-refractivity contribution in [3.63, 3.8) is 0 Å². The smallest absolute Gasteiger partial charge is 0.0527 e. The second kappa shape index (κ2) is 6.09. The Morgan fingerprint density at radius 2 is 1.83 bits per heavy atom. The van der Waals surface area contributed by atoms with Crippen LogP contribution in [0.3, 0.4) is 0 Å². The second-order valence-corrected chi connectivity index (χ2v) is 2.38. The zero-order valence-electron chi connectivity index (χ0n) is 7.42. The standard InChI is InChI=1S/C8H12N2.2ClH/c1-6-4-8(9-3)5-10-7(6)2;;/h4-5,9H,1-3H3;2*1H. The summed E-state index contributed by atoms with van der Waals surface area (Å²) in [6, 6.07) is 2.09. The van der Waals surface area contributed by atoms with E-state index in [1.807, 2.05) is 20.2 Å². The molecule has 0 aliphatic heterocycles. The molecule has 0 aliphatic rings. The zero-order chi connectivity index (χ0) is 7.56. The molecule has 0 amide bonds. The lowest BCUT2D eigenvalue weighted by Crippen LogP contribution is -1.92. The highest BCUT2D eigenvalue weighted by Crippen LogP contribution is 2.09. The SMILES string of the molecule is CNc1cnc(C)c(C)c1.Cl.Cl. The summed E-state index contributed by atoms with van der Waals surface area (Å²) < 4.78 is 0. The Balaban J connectivity index is 0. The molecule has 0 saturated carbocycles. The summed E-state index contributed by atoms with van der Waals surface area (Å²) >= 11 is 0. The van der Waals surface area contributed by atoms with Crippen molar-refractivity contribution in [1.82, 2.24) is 4.98 Å². The van der Waals surface area contributed by atoms with E-state index in [2.05, 4.69) is 23.3 Å². The monoisotopic (exact) mass is 208 g/mol. The number of halogens is 2. The largest absolute Gasteiger partial charge is 0.387 e. The van der Waals surface area contributed by atoms with Gasteiger partial charge in [-0.3, -0.25) is 4.98 Å². The molecule has 1 aromatic rings. The Labute approximate surface area is 85.6 Å². The molecule has 1 aromatic heterocycles. The lowest BCUT2D eigenvalue weighted by Gasteiger charge is -2.01. The second-order valence-electron chi connectivity index (χ2n) is 2.38. The predicted molar refractivity (Wildman–Crippen MR) is 57.8 cm³/mol. The van der Waals surface area contributed by atoms with Crippen molar-refractivity contribution in [3.8, 4) is 0 Å². The minimum Gasteiger partial charge on any atom is -0.387 e. The fraction of sp³-hybridized carbons (Fsp3) is 0.375. The molecule has 70 valence electrons. The van der Waals surface area contributed by atoms with E-state index in [4.69, 9.17) is 0 Å². The van der Waals surface area contributed by atoms with Gasteiger partial charge in [-0.25, -0.2) is 0 Å². The van der Waals surface area contributed by atoms with Gasteiger partial charge in [0.2, 0.25) is 0 Å². The van der Waals surface area contributed by atoms with E-state index in [0.717, 1.165) is 11.4 Å². The molecule has 12 heavy (non-hydrogen) atoms. The molecular weight excluding hydrogens is 195 g/mol. The molecule has 1 rings (SSSR count). The van der Waals surface area contributed by atoms with Crippen molar-refractivity contribution < 1.29 is 0 Å². The molecule has 1 heterocycles. The molecule has 0 fully saturated rings. The molecule has 0 aromatic carbocycles. The van der Waals surface area contributed by atoms with Gasteiger partial charge in [0.15, 0.2) is 0 Å². The fourth-order valence-electron chi connectivity index (χ4n) is 0.780. The van der Waals surface area contributed by atoms with Crippen LogP contribution in [-0.4, -0.2) is 12.0 Å². The van der Waals surface area contributed by atoms with Crippen LogP contribution in [0, 0.1) is 13.8 Å². The first-order chi connectivity index (χ1) is 4.74. The Bertz CT molecular complexity index is 238. The van der Waals surface area contributed by atoms with Crippen LogP contribution in [0.1, 0.15) is 11.3 Å². The maximum atomic E-state index is 4.19. The molecule has 2 nitrogen and oxygen atoms in total.